The van der Waals surface area contributed by atoms with Crippen LogP contribution in [-0.2, 0) is 22.4 Å². The molecule has 1 fully saturated rings. The van der Waals surface area contributed by atoms with E-state index < -0.39 is 11.4 Å². The minimum absolute atomic E-state index is 0.0939. The molecule has 0 unspecified atom stereocenters. The number of benzene rings is 1. The van der Waals surface area contributed by atoms with Gasteiger partial charge in [-0.25, -0.2) is 9.37 Å². The molecule has 1 aromatic heterocycles. The van der Waals surface area contributed by atoms with E-state index in [1.807, 2.05) is 5.38 Å². The molecule has 0 saturated carbocycles. The highest BCUT2D eigenvalue weighted by Gasteiger charge is 2.42. The number of thiazole rings is 1. The number of hydrogen-bond acceptors (Lipinski definition) is 4. The van der Waals surface area contributed by atoms with Gasteiger partial charge in [-0.2, -0.15) is 0 Å². The second kappa shape index (κ2) is 6.92. The van der Waals surface area contributed by atoms with E-state index in [0.29, 0.717) is 25.1 Å². The number of carboxylic acids is 1. The van der Waals surface area contributed by atoms with Crippen LogP contribution < -0.4 is 0 Å². The smallest absolute Gasteiger partial charge is 0.311 e. The Balaban J connectivity index is 1.59. The lowest BCUT2D eigenvalue weighted by Crippen LogP contribution is -2.35. The highest BCUT2D eigenvalue weighted by molar-refractivity contribution is 7.09. The molecule has 0 aliphatic carbocycles. The summed E-state index contributed by atoms with van der Waals surface area (Å²) in [5.74, 6) is -1.23. The number of amides is 1. The maximum Gasteiger partial charge on any atom is 0.311 e. The van der Waals surface area contributed by atoms with Crippen LogP contribution in [0.4, 0.5) is 4.39 Å². The van der Waals surface area contributed by atoms with E-state index in [1.165, 1.54) is 23.5 Å². The summed E-state index contributed by atoms with van der Waals surface area (Å²) in [5, 5.41) is 12.0. The second-order valence-electron chi connectivity index (χ2n) is 6.64. The SMILES string of the molecule is C[C@]1(C(=O)O)CCN(C(=O)Cc2csc(Cc3ccc(F)cc3)n2)C1. The fourth-order valence-corrected chi connectivity index (χ4v) is 3.73. The topological polar surface area (TPSA) is 70.5 Å². The number of hydrogen-bond donors (Lipinski definition) is 1. The Bertz CT molecular complexity index is 790. The molecular formula is C18H19FN2O3S. The van der Waals surface area contributed by atoms with Crippen LogP contribution in [0.15, 0.2) is 29.6 Å². The Hall–Kier alpha value is -2.28. The third-order valence-corrected chi connectivity index (χ3v) is 5.44. The first-order valence-corrected chi connectivity index (χ1v) is 8.92. The minimum Gasteiger partial charge on any atom is -0.481 e. The van der Waals surface area contributed by atoms with E-state index in [9.17, 15) is 19.1 Å². The lowest BCUT2D eigenvalue weighted by atomic mass is 9.90. The van der Waals surface area contributed by atoms with Crippen LogP contribution in [0.25, 0.3) is 0 Å². The summed E-state index contributed by atoms with van der Waals surface area (Å²) >= 11 is 1.47. The average molecular weight is 362 g/mol. The largest absolute Gasteiger partial charge is 0.481 e. The van der Waals surface area contributed by atoms with Gasteiger partial charge in [-0.15, -0.1) is 11.3 Å². The van der Waals surface area contributed by atoms with Crippen LogP contribution in [0.5, 0.6) is 0 Å². The van der Waals surface area contributed by atoms with Crippen molar-refractivity contribution in [3.63, 3.8) is 0 Å². The molecule has 2 heterocycles. The molecule has 1 aromatic carbocycles. The van der Waals surface area contributed by atoms with Crippen molar-refractivity contribution in [2.45, 2.75) is 26.2 Å². The van der Waals surface area contributed by atoms with Crippen LogP contribution in [0.2, 0.25) is 0 Å². The molecule has 1 aliphatic heterocycles. The summed E-state index contributed by atoms with van der Waals surface area (Å²) in [6.45, 7) is 2.38. The molecule has 1 amide bonds. The van der Waals surface area contributed by atoms with Crippen molar-refractivity contribution in [2.24, 2.45) is 5.41 Å². The molecule has 0 spiro atoms. The van der Waals surface area contributed by atoms with Crippen LogP contribution in [0, 0.1) is 11.2 Å². The summed E-state index contributed by atoms with van der Waals surface area (Å²) in [6, 6.07) is 6.28. The van der Waals surface area contributed by atoms with E-state index in [4.69, 9.17) is 0 Å². The van der Waals surface area contributed by atoms with Gasteiger partial charge in [-0.1, -0.05) is 12.1 Å². The van der Waals surface area contributed by atoms with Gasteiger partial charge in [0.2, 0.25) is 5.91 Å². The van der Waals surface area contributed by atoms with Gasteiger partial charge in [0.15, 0.2) is 0 Å². The minimum atomic E-state index is -0.863. The first kappa shape index (κ1) is 17.5. The number of aliphatic carboxylic acids is 1. The molecule has 5 nitrogen and oxygen atoms in total. The third-order valence-electron chi connectivity index (χ3n) is 4.54. The lowest BCUT2D eigenvalue weighted by Gasteiger charge is -2.19. The monoisotopic (exact) mass is 362 g/mol. The number of carbonyl (C=O) groups is 2. The number of carbonyl (C=O) groups excluding carboxylic acids is 1. The quantitative estimate of drug-likeness (QED) is 0.888. The summed E-state index contributed by atoms with van der Waals surface area (Å²) in [4.78, 5) is 29.7. The highest BCUT2D eigenvalue weighted by Crippen LogP contribution is 2.30. The molecular weight excluding hydrogens is 343 g/mol. The number of carboxylic acid groups (broad SMARTS) is 1. The predicted octanol–water partition coefficient (Wildman–Crippen LogP) is 2.74. The Morgan fingerprint density at radius 3 is 2.72 bits per heavy atom. The normalized spacial score (nSPS) is 20.0. The second-order valence-corrected chi connectivity index (χ2v) is 7.59. The Morgan fingerprint density at radius 2 is 2.08 bits per heavy atom. The number of nitrogens with zero attached hydrogens (tertiary/aromatic N) is 2. The summed E-state index contributed by atoms with van der Waals surface area (Å²) < 4.78 is 12.9. The zero-order valence-electron chi connectivity index (χ0n) is 13.9. The van der Waals surface area contributed by atoms with Gasteiger partial charge >= 0.3 is 5.97 Å². The predicted molar refractivity (Wildman–Crippen MR) is 92.0 cm³/mol. The molecule has 0 bridgehead atoms. The van der Waals surface area contributed by atoms with E-state index >= 15 is 0 Å². The Labute approximate surface area is 149 Å². The maximum absolute atomic E-state index is 12.9. The lowest BCUT2D eigenvalue weighted by molar-refractivity contribution is -0.147. The van der Waals surface area contributed by atoms with Crippen LogP contribution in [0.1, 0.15) is 29.6 Å². The Morgan fingerprint density at radius 1 is 1.36 bits per heavy atom. The number of likely N-dealkylation sites (tertiary alicyclic amines) is 1. The van der Waals surface area contributed by atoms with Crippen molar-refractivity contribution in [2.75, 3.05) is 13.1 Å². The van der Waals surface area contributed by atoms with Crippen molar-refractivity contribution in [1.82, 2.24) is 9.88 Å². The van der Waals surface area contributed by atoms with Crippen molar-refractivity contribution >= 4 is 23.2 Å². The third kappa shape index (κ3) is 4.04. The van der Waals surface area contributed by atoms with Gasteiger partial charge in [0.25, 0.3) is 0 Å². The van der Waals surface area contributed by atoms with Gasteiger partial charge in [-0.05, 0) is 31.0 Å². The van der Waals surface area contributed by atoms with Gasteiger partial charge in [-0.3, -0.25) is 9.59 Å². The average Bonchev–Trinajstić information content (AvgIpc) is 3.17. The maximum atomic E-state index is 12.9. The van der Waals surface area contributed by atoms with Gasteiger partial charge in [0.1, 0.15) is 5.82 Å². The molecule has 1 aliphatic rings. The van der Waals surface area contributed by atoms with Crippen molar-refractivity contribution in [1.29, 1.82) is 0 Å². The van der Waals surface area contributed by atoms with Crippen LogP contribution >= 0.6 is 11.3 Å². The van der Waals surface area contributed by atoms with Gasteiger partial charge in [0.05, 0.1) is 22.5 Å². The first-order valence-electron chi connectivity index (χ1n) is 8.05. The van der Waals surface area contributed by atoms with Crippen LogP contribution in [0.3, 0.4) is 0 Å². The standard InChI is InChI=1S/C18H19FN2O3S/c1-18(17(23)24)6-7-21(11-18)16(22)9-14-10-25-15(20-14)8-12-2-4-13(19)5-3-12/h2-5,10H,6-9,11H2,1H3,(H,23,24)/t18-/m0/s1. The van der Waals surface area contributed by atoms with E-state index in [1.54, 1.807) is 24.0 Å². The van der Waals surface area contributed by atoms with Crippen molar-refractivity contribution in [3.8, 4) is 0 Å². The molecule has 2 aromatic rings. The van der Waals surface area contributed by atoms with E-state index in [2.05, 4.69) is 4.98 Å². The zero-order chi connectivity index (χ0) is 18.0. The molecule has 0 radical (unpaired) electrons. The number of rotatable bonds is 5. The highest BCUT2D eigenvalue weighted by atomic mass is 32.1. The fraction of sp³-hybridized carbons (Fsp3) is 0.389. The molecule has 7 heteroatoms. The molecule has 1 saturated heterocycles. The summed E-state index contributed by atoms with van der Waals surface area (Å²) in [5.41, 5.74) is 0.798. The molecule has 1 atom stereocenters. The van der Waals surface area contributed by atoms with Gasteiger partial charge < -0.3 is 10.0 Å². The molecule has 25 heavy (non-hydrogen) atoms. The Kier molecular flexibility index (Phi) is 4.85. The van der Waals surface area contributed by atoms with Crippen molar-refractivity contribution in [3.05, 3.63) is 51.7 Å². The van der Waals surface area contributed by atoms with E-state index in [-0.39, 0.29) is 24.7 Å². The zero-order valence-corrected chi connectivity index (χ0v) is 14.7. The van der Waals surface area contributed by atoms with Gasteiger partial charge in [0, 0.05) is 24.9 Å². The number of aromatic nitrogens is 1. The summed E-state index contributed by atoms with van der Waals surface area (Å²) in [7, 11) is 0. The number of halogens is 1. The van der Waals surface area contributed by atoms with E-state index in [0.717, 1.165) is 10.6 Å². The fourth-order valence-electron chi connectivity index (χ4n) is 2.90. The summed E-state index contributed by atoms with van der Waals surface area (Å²) in [6.07, 6.45) is 1.25. The molecule has 3 rings (SSSR count). The van der Waals surface area contributed by atoms with Crippen molar-refractivity contribution < 1.29 is 19.1 Å². The molecule has 132 valence electrons. The first-order chi connectivity index (χ1) is 11.9. The van der Waals surface area contributed by atoms with Crippen LogP contribution in [-0.4, -0.2) is 40.0 Å². The molecule has 1 N–H and O–H groups in total.